The van der Waals surface area contributed by atoms with E-state index in [4.69, 9.17) is 4.74 Å². The highest BCUT2D eigenvalue weighted by molar-refractivity contribution is 5.34. The Morgan fingerprint density at radius 1 is 1.16 bits per heavy atom. The minimum absolute atomic E-state index is 0.358. The van der Waals surface area contributed by atoms with Crippen molar-refractivity contribution in [3.05, 3.63) is 42.2 Å². The van der Waals surface area contributed by atoms with E-state index in [9.17, 15) is 0 Å². The maximum Gasteiger partial charge on any atom is 0.0697 e. The van der Waals surface area contributed by atoms with Crippen molar-refractivity contribution in [2.45, 2.75) is 44.3 Å². The molecule has 0 bridgehead atoms. The van der Waals surface area contributed by atoms with Crippen LogP contribution in [0.15, 0.2) is 36.7 Å². The average molecular weight is 341 g/mol. The van der Waals surface area contributed by atoms with E-state index < -0.39 is 0 Å². The lowest BCUT2D eigenvalue weighted by molar-refractivity contribution is 0.115. The Morgan fingerprint density at radius 2 is 1.96 bits per heavy atom. The molecule has 2 saturated heterocycles. The van der Waals surface area contributed by atoms with Gasteiger partial charge in [-0.05, 0) is 43.9 Å². The lowest BCUT2D eigenvalue weighted by atomic mass is 10.00. The predicted molar refractivity (Wildman–Crippen MR) is 96.7 cm³/mol. The summed E-state index contributed by atoms with van der Waals surface area (Å²) in [7, 11) is 0. The molecule has 2 atom stereocenters. The minimum Gasteiger partial charge on any atom is -0.380 e. The van der Waals surface area contributed by atoms with Gasteiger partial charge in [0.1, 0.15) is 0 Å². The zero-order valence-electron chi connectivity index (χ0n) is 14.8. The molecule has 25 heavy (non-hydrogen) atoms. The third-order valence-electron chi connectivity index (χ3n) is 5.52. The van der Waals surface area contributed by atoms with Crippen molar-refractivity contribution in [3.8, 4) is 5.69 Å². The second kappa shape index (κ2) is 7.64. The molecule has 6 heteroatoms. The molecular weight excluding hydrogens is 314 g/mol. The first-order chi connectivity index (χ1) is 12.3. The van der Waals surface area contributed by atoms with Crippen LogP contribution in [0.25, 0.3) is 5.69 Å². The number of hydrogen-bond donors (Lipinski definition) is 1. The monoisotopic (exact) mass is 341 g/mol. The van der Waals surface area contributed by atoms with Gasteiger partial charge in [0, 0.05) is 37.8 Å². The number of rotatable bonds is 5. The Morgan fingerprint density at radius 3 is 2.60 bits per heavy atom. The Labute approximate surface area is 149 Å². The van der Waals surface area contributed by atoms with Crippen LogP contribution in [0, 0.1) is 0 Å². The lowest BCUT2D eigenvalue weighted by Crippen LogP contribution is -2.47. The van der Waals surface area contributed by atoms with Crippen molar-refractivity contribution in [3.63, 3.8) is 0 Å². The normalized spacial score (nSPS) is 23.8. The maximum absolute atomic E-state index is 5.53. The van der Waals surface area contributed by atoms with Crippen molar-refractivity contribution >= 4 is 0 Å². The summed E-state index contributed by atoms with van der Waals surface area (Å²) in [4.78, 5) is 2.61. The van der Waals surface area contributed by atoms with E-state index in [1.165, 1.54) is 37.9 Å². The van der Waals surface area contributed by atoms with E-state index in [2.05, 4.69) is 51.7 Å². The number of likely N-dealkylation sites (tertiary alicyclic amines) is 1. The maximum atomic E-state index is 5.53. The lowest BCUT2D eigenvalue weighted by Gasteiger charge is -2.36. The van der Waals surface area contributed by atoms with Gasteiger partial charge >= 0.3 is 0 Å². The molecule has 0 aliphatic carbocycles. The van der Waals surface area contributed by atoms with Gasteiger partial charge < -0.3 is 10.1 Å². The SMILES string of the molecule is CC(NC1CCN(C2CCOC2)CC1)c1ccc(-n2ccnn2)cc1. The van der Waals surface area contributed by atoms with Crippen LogP contribution < -0.4 is 5.32 Å². The van der Waals surface area contributed by atoms with Crippen molar-refractivity contribution in [2.24, 2.45) is 0 Å². The van der Waals surface area contributed by atoms with Crippen LogP contribution in [0.5, 0.6) is 0 Å². The van der Waals surface area contributed by atoms with Crippen LogP contribution >= 0.6 is 0 Å². The smallest absolute Gasteiger partial charge is 0.0697 e. The van der Waals surface area contributed by atoms with Gasteiger partial charge in [0.2, 0.25) is 0 Å². The molecule has 3 heterocycles. The molecule has 4 rings (SSSR count). The van der Waals surface area contributed by atoms with Gasteiger partial charge in [-0.2, -0.15) is 0 Å². The largest absolute Gasteiger partial charge is 0.380 e. The summed E-state index contributed by atoms with van der Waals surface area (Å²) < 4.78 is 7.31. The Balaban J connectivity index is 1.29. The molecule has 0 spiro atoms. The van der Waals surface area contributed by atoms with Gasteiger partial charge in [-0.1, -0.05) is 17.3 Å². The van der Waals surface area contributed by atoms with E-state index in [0.717, 1.165) is 18.9 Å². The molecule has 1 aromatic carbocycles. The van der Waals surface area contributed by atoms with Gasteiger partial charge in [-0.15, -0.1) is 5.10 Å². The van der Waals surface area contributed by atoms with Crippen molar-refractivity contribution < 1.29 is 4.74 Å². The fourth-order valence-corrected chi connectivity index (χ4v) is 3.95. The average Bonchev–Trinajstić information content (AvgIpc) is 3.36. The Hall–Kier alpha value is -1.76. The zero-order valence-corrected chi connectivity index (χ0v) is 14.8. The molecule has 134 valence electrons. The highest BCUT2D eigenvalue weighted by Crippen LogP contribution is 2.22. The fraction of sp³-hybridized carbons (Fsp3) is 0.579. The number of aromatic nitrogens is 3. The van der Waals surface area contributed by atoms with Crippen LogP contribution in [0.1, 0.15) is 37.8 Å². The van der Waals surface area contributed by atoms with Crippen LogP contribution in [-0.4, -0.2) is 58.3 Å². The molecule has 6 nitrogen and oxygen atoms in total. The highest BCUT2D eigenvalue weighted by atomic mass is 16.5. The molecule has 2 aromatic rings. The molecule has 2 aliphatic rings. The molecule has 2 aliphatic heterocycles. The van der Waals surface area contributed by atoms with Crippen LogP contribution in [0.2, 0.25) is 0 Å². The summed E-state index contributed by atoms with van der Waals surface area (Å²) in [6, 6.07) is 10.2. The Bertz CT molecular complexity index is 643. The van der Waals surface area contributed by atoms with E-state index >= 15 is 0 Å². The number of benzene rings is 1. The summed E-state index contributed by atoms with van der Waals surface area (Å²) in [6.45, 7) is 6.48. The number of piperidine rings is 1. The summed E-state index contributed by atoms with van der Waals surface area (Å²) in [5, 5.41) is 11.7. The van der Waals surface area contributed by atoms with Gasteiger partial charge in [-0.3, -0.25) is 4.90 Å². The zero-order chi connectivity index (χ0) is 17.1. The van der Waals surface area contributed by atoms with Gasteiger partial charge in [-0.25, -0.2) is 4.68 Å². The number of hydrogen-bond acceptors (Lipinski definition) is 5. The Kier molecular flexibility index (Phi) is 5.10. The number of nitrogens with one attached hydrogen (secondary N) is 1. The minimum atomic E-state index is 0.358. The first-order valence-electron chi connectivity index (χ1n) is 9.34. The number of nitrogens with zero attached hydrogens (tertiary/aromatic N) is 4. The molecule has 1 N–H and O–H groups in total. The molecule has 1 aromatic heterocycles. The van der Waals surface area contributed by atoms with E-state index in [0.29, 0.717) is 18.1 Å². The fourth-order valence-electron chi connectivity index (χ4n) is 3.95. The topological polar surface area (TPSA) is 55.2 Å². The molecule has 2 unspecified atom stereocenters. The van der Waals surface area contributed by atoms with E-state index in [1.54, 1.807) is 10.9 Å². The molecule has 0 saturated carbocycles. The molecule has 0 amide bonds. The summed E-state index contributed by atoms with van der Waals surface area (Å²) >= 11 is 0. The predicted octanol–water partition coefficient (Wildman–Crippen LogP) is 2.17. The van der Waals surface area contributed by atoms with Gasteiger partial charge in [0.15, 0.2) is 0 Å². The van der Waals surface area contributed by atoms with E-state index in [1.807, 2.05) is 6.20 Å². The van der Waals surface area contributed by atoms with Gasteiger partial charge in [0.05, 0.1) is 24.7 Å². The third kappa shape index (κ3) is 3.92. The van der Waals surface area contributed by atoms with Crippen molar-refractivity contribution in [1.82, 2.24) is 25.2 Å². The van der Waals surface area contributed by atoms with Gasteiger partial charge in [0.25, 0.3) is 0 Å². The van der Waals surface area contributed by atoms with E-state index in [-0.39, 0.29) is 0 Å². The summed E-state index contributed by atoms with van der Waals surface area (Å²) in [6.07, 6.45) is 7.20. The van der Waals surface area contributed by atoms with Crippen LogP contribution in [0.3, 0.4) is 0 Å². The van der Waals surface area contributed by atoms with Crippen LogP contribution in [0.4, 0.5) is 0 Å². The first kappa shape index (κ1) is 16.7. The molecular formula is C19H27N5O. The second-order valence-corrected chi connectivity index (χ2v) is 7.16. The standard InChI is InChI=1S/C19H27N5O/c1-15(16-2-4-18(5-3-16)24-12-9-20-22-24)21-17-6-10-23(11-7-17)19-8-13-25-14-19/h2-5,9,12,15,17,19,21H,6-8,10-11,13-14H2,1H3. The summed E-state index contributed by atoms with van der Waals surface area (Å²) in [5.74, 6) is 0. The van der Waals surface area contributed by atoms with Crippen LogP contribution in [-0.2, 0) is 4.74 Å². The number of ether oxygens (including phenoxy) is 1. The molecule has 2 fully saturated rings. The highest BCUT2D eigenvalue weighted by Gasteiger charge is 2.28. The molecule has 0 radical (unpaired) electrons. The quantitative estimate of drug-likeness (QED) is 0.903. The second-order valence-electron chi connectivity index (χ2n) is 7.16. The van der Waals surface area contributed by atoms with Crippen molar-refractivity contribution in [2.75, 3.05) is 26.3 Å². The third-order valence-corrected chi connectivity index (χ3v) is 5.52. The first-order valence-corrected chi connectivity index (χ1v) is 9.34. The van der Waals surface area contributed by atoms with Crippen molar-refractivity contribution in [1.29, 1.82) is 0 Å². The summed E-state index contributed by atoms with van der Waals surface area (Å²) in [5.41, 5.74) is 2.36.